The van der Waals surface area contributed by atoms with Gasteiger partial charge in [-0.15, -0.1) is 11.3 Å². The highest BCUT2D eigenvalue weighted by Crippen LogP contribution is 2.31. The third-order valence-corrected chi connectivity index (χ3v) is 8.85. The van der Waals surface area contributed by atoms with Crippen molar-refractivity contribution in [2.45, 2.75) is 58.8 Å². The monoisotopic (exact) mass is 584 g/mol. The van der Waals surface area contributed by atoms with Crippen molar-refractivity contribution in [3.05, 3.63) is 75.9 Å². The van der Waals surface area contributed by atoms with E-state index in [2.05, 4.69) is 22.1 Å². The van der Waals surface area contributed by atoms with Gasteiger partial charge in [0, 0.05) is 37.9 Å². The number of nitrogens with zero attached hydrogens (tertiary/aromatic N) is 3. The lowest BCUT2D eigenvalue weighted by Gasteiger charge is -2.35. The number of carbonyl (C=O) groups excluding carboxylic acids is 3. The lowest BCUT2D eigenvalue weighted by Crippen LogP contribution is -2.55. The van der Waals surface area contributed by atoms with Gasteiger partial charge in [0.15, 0.2) is 0 Å². The molecule has 5 rings (SSSR count). The Morgan fingerprint density at radius 1 is 1.19 bits per heavy atom. The summed E-state index contributed by atoms with van der Waals surface area (Å²) in [4.78, 5) is 49.5. The average molecular weight is 585 g/mol. The normalized spacial score (nSPS) is 16.8. The van der Waals surface area contributed by atoms with Gasteiger partial charge in [0.2, 0.25) is 11.8 Å². The minimum atomic E-state index is -0.663. The predicted octanol–water partition coefficient (Wildman–Crippen LogP) is 4.40. The van der Waals surface area contributed by atoms with Crippen molar-refractivity contribution in [1.29, 1.82) is 0 Å². The van der Waals surface area contributed by atoms with Crippen molar-refractivity contribution in [2.75, 3.05) is 20.3 Å². The minimum Gasteiger partial charge on any atom is -0.372 e. The molecule has 1 saturated heterocycles. The molecular formula is C33H36N4O4S. The molecule has 0 saturated carbocycles. The lowest BCUT2D eigenvalue weighted by atomic mass is 10.0. The van der Waals surface area contributed by atoms with Gasteiger partial charge in [-0.25, -0.2) is 4.98 Å². The van der Waals surface area contributed by atoms with Gasteiger partial charge in [0.25, 0.3) is 5.91 Å². The topological polar surface area (TPSA) is 91.8 Å². The Bertz CT molecular complexity index is 1540. The summed E-state index contributed by atoms with van der Waals surface area (Å²) in [6, 6.07) is 12.4. The van der Waals surface area contributed by atoms with E-state index in [0.717, 1.165) is 39.2 Å². The van der Waals surface area contributed by atoms with E-state index in [4.69, 9.17) is 4.74 Å². The average Bonchev–Trinajstić information content (AvgIpc) is 3.71. The van der Waals surface area contributed by atoms with Gasteiger partial charge in [-0.2, -0.15) is 0 Å². The van der Waals surface area contributed by atoms with Crippen LogP contribution in [-0.4, -0.2) is 64.9 Å². The first kappa shape index (κ1) is 29.5. The number of amides is 3. The third kappa shape index (κ3) is 6.10. The van der Waals surface area contributed by atoms with E-state index >= 15 is 0 Å². The summed E-state index contributed by atoms with van der Waals surface area (Å²) in [6.07, 6.45) is 1.35. The van der Waals surface area contributed by atoms with Crippen LogP contribution in [0.3, 0.4) is 0 Å². The molecule has 3 amide bonds. The van der Waals surface area contributed by atoms with Gasteiger partial charge in [0.1, 0.15) is 18.7 Å². The molecule has 218 valence electrons. The number of carbonyl (C=O) groups is 3. The molecule has 2 aliphatic rings. The Hall–Kier alpha value is -4.00. The van der Waals surface area contributed by atoms with Gasteiger partial charge >= 0.3 is 0 Å². The van der Waals surface area contributed by atoms with Crippen LogP contribution in [0, 0.1) is 24.7 Å². The van der Waals surface area contributed by atoms with Gasteiger partial charge in [-0.1, -0.05) is 50.0 Å². The van der Waals surface area contributed by atoms with Crippen molar-refractivity contribution in [3.63, 3.8) is 0 Å². The van der Waals surface area contributed by atoms with Crippen molar-refractivity contribution in [3.8, 4) is 22.3 Å². The number of ether oxygens (including phenoxy) is 1. The highest BCUT2D eigenvalue weighted by Gasteiger charge is 2.43. The van der Waals surface area contributed by atoms with Gasteiger partial charge < -0.3 is 19.9 Å². The molecule has 0 bridgehead atoms. The van der Waals surface area contributed by atoms with Crippen LogP contribution < -0.4 is 5.32 Å². The number of aromatic nitrogens is 1. The Morgan fingerprint density at radius 3 is 2.67 bits per heavy atom. The van der Waals surface area contributed by atoms with Gasteiger partial charge in [-0.05, 0) is 60.6 Å². The maximum atomic E-state index is 14.0. The van der Waals surface area contributed by atoms with E-state index in [1.54, 1.807) is 34.3 Å². The Labute approximate surface area is 251 Å². The second-order valence-corrected chi connectivity index (χ2v) is 12.0. The molecule has 9 heteroatoms. The van der Waals surface area contributed by atoms with Crippen LogP contribution in [-0.2, 0) is 27.4 Å². The summed E-state index contributed by atoms with van der Waals surface area (Å²) in [5.41, 5.74) is 7.18. The second kappa shape index (κ2) is 12.9. The van der Waals surface area contributed by atoms with E-state index in [1.165, 1.54) is 0 Å². The zero-order valence-corrected chi connectivity index (χ0v) is 25.3. The Balaban J connectivity index is 1.25. The highest BCUT2D eigenvalue weighted by molar-refractivity contribution is 7.13. The Kier molecular flexibility index (Phi) is 9.05. The number of benzene rings is 2. The van der Waals surface area contributed by atoms with E-state index in [-0.39, 0.29) is 23.6 Å². The van der Waals surface area contributed by atoms with Crippen LogP contribution in [0.25, 0.3) is 10.4 Å². The second-order valence-electron chi connectivity index (χ2n) is 11.1. The fraction of sp³-hybridized carbons (Fsp3) is 0.394. The summed E-state index contributed by atoms with van der Waals surface area (Å²) in [7, 11) is 1.59. The largest absolute Gasteiger partial charge is 0.372 e. The van der Waals surface area contributed by atoms with E-state index in [0.29, 0.717) is 38.2 Å². The minimum absolute atomic E-state index is 0.123. The maximum Gasteiger partial charge on any atom is 0.255 e. The molecule has 0 spiro atoms. The number of rotatable bonds is 8. The van der Waals surface area contributed by atoms with E-state index < -0.39 is 12.1 Å². The highest BCUT2D eigenvalue weighted by atomic mass is 32.1. The van der Waals surface area contributed by atoms with Crippen LogP contribution in [0.5, 0.6) is 0 Å². The number of fused-ring (bicyclic) bond motifs is 1. The number of hydrogen-bond acceptors (Lipinski definition) is 6. The van der Waals surface area contributed by atoms with E-state index in [1.807, 2.05) is 62.7 Å². The van der Waals surface area contributed by atoms with Crippen LogP contribution in [0.1, 0.15) is 59.4 Å². The molecule has 42 heavy (non-hydrogen) atoms. The van der Waals surface area contributed by atoms with Crippen LogP contribution in [0.15, 0.2) is 48.0 Å². The zero-order chi connectivity index (χ0) is 29.8. The molecule has 8 nitrogen and oxygen atoms in total. The number of aryl methyl sites for hydroxylation is 1. The molecule has 1 N–H and O–H groups in total. The van der Waals surface area contributed by atoms with Crippen LogP contribution in [0.4, 0.5) is 0 Å². The first-order valence-electron chi connectivity index (χ1n) is 14.3. The first-order chi connectivity index (χ1) is 20.3. The fourth-order valence-electron chi connectivity index (χ4n) is 5.77. The number of likely N-dealkylation sites (tertiary alicyclic amines) is 1. The number of nitrogens with one attached hydrogen (secondary N) is 1. The zero-order valence-electron chi connectivity index (χ0n) is 24.5. The van der Waals surface area contributed by atoms with Crippen molar-refractivity contribution >= 4 is 29.1 Å². The van der Waals surface area contributed by atoms with Gasteiger partial charge in [0.05, 0.1) is 16.1 Å². The van der Waals surface area contributed by atoms with Crippen LogP contribution >= 0.6 is 11.3 Å². The quantitative estimate of drug-likeness (QED) is 0.396. The standard InChI is InChI=1S/C33H36N4O4S/c1-21(2)29(37-19-26-17-23(7-6-16-41-4)11-14-27(26)32(37)39)33(40)36-15-5-8-28(36)31(38)34-18-24-9-12-25(13-10-24)30-22(3)35-20-42-30/h9-14,17,20-21,28-29H,5,8,15-16,18-19H2,1-4H3,(H,34,38). The molecule has 1 aromatic heterocycles. The third-order valence-electron chi connectivity index (χ3n) is 7.87. The molecule has 2 aliphatic heterocycles. The summed E-state index contributed by atoms with van der Waals surface area (Å²) >= 11 is 1.61. The summed E-state index contributed by atoms with van der Waals surface area (Å²) in [5.74, 6) is 5.36. The smallest absolute Gasteiger partial charge is 0.255 e. The molecule has 0 radical (unpaired) electrons. The predicted molar refractivity (Wildman–Crippen MR) is 163 cm³/mol. The lowest BCUT2D eigenvalue weighted by molar-refractivity contribution is -0.143. The molecule has 2 aromatic carbocycles. The maximum absolute atomic E-state index is 14.0. The molecule has 0 aliphatic carbocycles. The van der Waals surface area contributed by atoms with Crippen molar-refractivity contribution < 1.29 is 19.1 Å². The molecule has 2 unspecified atom stereocenters. The van der Waals surface area contributed by atoms with Gasteiger partial charge in [-0.3, -0.25) is 14.4 Å². The molecular weight excluding hydrogens is 548 g/mol. The summed E-state index contributed by atoms with van der Waals surface area (Å²) in [6.45, 7) is 7.43. The molecule has 1 fully saturated rings. The van der Waals surface area contributed by atoms with Crippen molar-refractivity contribution in [2.24, 2.45) is 5.92 Å². The summed E-state index contributed by atoms with van der Waals surface area (Å²) in [5, 5.41) is 3.03. The fourth-order valence-corrected chi connectivity index (χ4v) is 6.58. The number of methoxy groups -OCH3 is 1. The molecule has 3 heterocycles. The number of hydrogen-bond donors (Lipinski definition) is 1. The Morgan fingerprint density at radius 2 is 1.98 bits per heavy atom. The van der Waals surface area contributed by atoms with Crippen LogP contribution in [0.2, 0.25) is 0 Å². The van der Waals surface area contributed by atoms with E-state index in [9.17, 15) is 14.4 Å². The van der Waals surface area contributed by atoms with Crippen molar-refractivity contribution in [1.82, 2.24) is 20.1 Å². The first-order valence-corrected chi connectivity index (χ1v) is 15.2. The summed E-state index contributed by atoms with van der Waals surface area (Å²) < 4.78 is 5.00. The molecule has 2 atom stereocenters. The number of thiazole rings is 1. The molecule has 3 aromatic rings. The SMILES string of the molecule is COCC#Cc1ccc2c(c1)CN(C(C(=O)N1CCCC1C(=O)NCc1ccc(-c3scnc3C)cc1)C(C)C)C2=O.